The Bertz CT molecular complexity index is 730. The summed E-state index contributed by atoms with van der Waals surface area (Å²) in [5, 5.41) is 5.30. The third-order valence-corrected chi connectivity index (χ3v) is 3.66. The number of nitrogens with one attached hydrogen (secondary N) is 2. The van der Waals surface area contributed by atoms with Crippen molar-refractivity contribution >= 4 is 23.2 Å². The highest BCUT2D eigenvalue weighted by molar-refractivity contribution is 6.03. The predicted octanol–water partition coefficient (Wildman–Crippen LogP) is 2.58. The van der Waals surface area contributed by atoms with Crippen LogP contribution in [0.2, 0.25) is 0 Å². The van der Waals surface area contributed by atoms with Crippen molar-refractivity contribution in [3.63, 3.8) is 0 Å². The number of rotatable bonds is 7. The van der Waals surface area contributed by atoms with Gasteiger partial charge in [-0.1, -0.05) is 18.2 Å². The zero-order valence-corrected chi connectivity index (χ0v) is 14.4. The first kappa shape index (κ1) is 18.4. The third-order valence-electron chi connectivity index (χ3n) is 3.66. The van der Waals surface area contributed by atoms with Crippen LogP contribution in [-0.2, 0) is 16.0 Å². The van der Waals surface area contributed by atoms with Gasteiger partial charge in [-0.05, 0) is 42.3 Å². The molecule has 5 nitrogen and oxygen atoms in total. The number of amides is 2. The molecule has 0 spiro atoms. The number of hydrogen-bond acceptors (Lipinski definition) is 3. The van der Waals surface area contributed by atoms with Crippen molar-refractivity contribution in [2.45, 2.75) is 12.8 Å². The topological polar surface area (TPSA) is 61.4 Å². The largest absolute Gasteiger partial charge is 0.378 e. The quantitative estimate of drug-likeness (QED) is 0.760. The molecule has 0 aliphatic rings. The van der Waals surface area contributed by atoms with Gasteiger partial charge in [0.2, 0.25) is 11.8 Å². The number of hydrogen-bond donors (Lipinski definition) is 2. The van der Waals surface area contributed by atoms with Crippen LogP contribution in [0, 0.1) is 5.82 Å². The van der Waals surface area contributed by atoms with Crippen LogP contribution in [0.15, 0.2) is 48.5 Å². The standard InChI is InChI=1S/C19H22FN3O2/c1-23(2)16-9-7-15(8-10-16)22-19(25)13-18(24)21-12-11-14-5-3-4-6-17(14)20/h3-10H,11-13H2,1-2H3,(H,21,24)(H,22,25). The summed E-state index contributed by atoms with van der Waals surface area (Å²) in [4.78, 5) is 25.6. The molecule has 0 bridgehead atoms. The van der Waals surface area contributed by atoms with Crippen molar-refractivity contribution in [3.8, 4) is 0 Å². The summed E-state index contributed by atoms with van der Waals surface area (Å²) in [7, 11) is 3.86. The minimum Gasteiger partial charge on any atom is -0.378 e. The lowest BCUT2D eigenvalue weighted by atomic mass is 10.1. The van der Waals surface area contributed by atoms with E-state index in [1.54, 1.807) is 30.3 Å². The van der Waals surface area contributed by atoms with E-state index in [0.29, 0.717) is 17.7 Å². The highest BCUT2D eigenvalue weighted by atomic mass is 19.1. The Labute approximate surface area is 146 Å². The molecule has 2 amide bonds. The summed E-state index contributed by atoms with van der Waals surface area (Å²) in [5.41, 5.74) is 2.19. The monoisotopic (exact) mass is 343 g/mol. The maximum atomic E-state index is 13.5. The summed E-state index contributed by atoms with van der Waals surface area (Å²) >= 11 is 0. The second-order valence-corrected chi connectivity index (χ2v) is 5.86. The maximum absolute atomic E-state index is 13.5. The fourth-order valence-electron chi connectivity index (χ4n) is 2.29. The minimum absolute atomic E-state index is 0.271. The molecule has 25 heavy (non-hydrogen) atoms. The molecular weight excluding hydrogens is 321 g/mol. The fourth-order valence-corrected chi connectivity index (χ4v) is 2.29. The Morgan fingerprint density at radius 2 is 1.68 bits per heavy atom. The molecule has 0 aromatic heterocycles. The van der Waals surface area contributed by atoms with Crippen molar-refractivity contribution < 1.29 is 14.0 Å². The van der Waals surface area contributed by atoms with Gasteiger partial charge in [0.05, 0.1) is 0 Å². The molecule has 0 aliphatic carbocycles. The minimum atomic E-state index is -0.390. The predicted molar refractivity (Wildman–Crippen MR) is 97.1 cm³/mol. The molecule has 6 heteroatoms. The number of benzene rings is 2. The van der Waals surface area contributed by atoms with Crippen LogP contribution in [0.5, 0.6) is 0 Å². The number of carbonyl (C=O) groups is 2. The normalized spacial score (nSPS) is 10.2. The summed E-state index contributed by atoms with van der Waals surface area (Å²) in [6, 6.07) is 13.7. The number of halogens is 1. The van der Waals surface area contributed by atoms with E-state index in [9.17, 15) is 14.0 Å². The van der Waals surface area contributed by atoms with Crippen LogP contribution in [0.1, 0.15) is 12.0 Å². The number of anilines is 2. The maximum Gasteiger partial charge on any atom is 0.233 e. The van der Waals surface area contributed by atoms with Crippen LogP contribution in [0.25, 0.3) is 0 Å². The molecule has 2 aromatic rings. The Hall–Kier alpha value is -2.89. The third kappa shape index (κ3) is 5.91. The van der Waals surface area contributed by atoms with E-state index in [2.05, 4.69) is 10.6 Å². The molecule has 0 atom stereocenters. The van der Waals surface area contributed by atoms with Crippen LogP contribution in [0.3, 0.4) is 0 Å². The SMILES string of the molecule is CN(C)c1ccc(NC(=O)CC(=O)NCCc2ccccc2F)cc1. The molecule has 0 heterocycles. The first-order valence-corrected chi connectivity index (χ1v) is 8.03. The zero-order chi connectivity index (χ0) is 18.2. The van der Waals surface area contributed by atoms with E-state index in [0.717, 1.165) is 5.69 Å². The van der Waals surface area contributed by atoms with Crippen LogP contribution >= 0.6 is 0 Å². The van der Waals surface area contributed by atoms with Gasteiger partial charge in [0.25, 0.3) is 0 Å². The van der Waals surface area contributed by atoms with Crippen molar-refractivity contribution in [2.75, 3.05) is 30.9 Å². The molecule has 0 radical (unpaired) electrons. The van der Waals surface area contributed by atoms with Gasteiger partial charge in [-0.25, -0.2) is 4.39 Å². The first-order chi connectivity index (χ1) is 12.0. The molecule has 2 N–H and O–H groups in total. The molecule has 0 saturated carbocycles. The van der Waals surface area contributed by atoms with Gasteiger partial charge in [0.15, 0.2) is 0 Å². The Morgan fingerprint density at radius 1 is 1.00 bits per heavy atom. The average Bonchev–Trinajstić information content (AvgIpc) is 2.57. The first-order valence-electron chi connectivity index (χ1n) is 8.03. The van der Waals surface area contributed by atoms with Gasteiger partial charge in [0, 0.05) is 32.0 Å². The molecule has 0 saturated heterocycles. The lowest BCUT2D eigenvalue weighted by Gasteiger charge is -2.13. The van der Waals surface area contributed by atoms with Crippen molar-refractivity contribution in [1.82, 2.24) is 5.32 Å². The van der Waals surface area contributed by atoms with E-state index >= 15 is 0 Å². The van der Waals surface area contributed by atoms with Gasteiger partial charge in [0.1, 0.15) is 12.2 Å². The smallest absolute Gasteiger partial charge is 0.233 e. The molecule has 132 valence electrons. The summed E-state index contributed by atoms with van der Waals surface area (Å²) < 4.78 is 13.5. The van der Waals surface area contributed by atoms with Crippen molar-refractivity contribution in [1.29, 1.82) is 0 Å². The number of carbonyl (C=O) groups excluding carboxylic acids is 2. The highest BCUT2D eigenvalue weighted by Crippen LogP contribution is 2.15. The van der Waals surface area contributed by atoms with Gasteiger partial charge in [-0.3, -0.25) is 9.59 Å². The van der Waals surface area contributed by atoms with E-state index in [1.807, 2.05) is 31.1 Å². The molecule has 0 unspecified atom stereocenters. The lowest BCUT2D eigenvalue weighted by molar-refractivity contribution is -0.126. The van der Waals surface area contributed by atoms with E-state index in [-0.39, 0.29) is 24.7 Å². The second-order valence-electron chi connectivity index (χ2n) is 5.86. The highest BCUT2D eigenvalue weighted by Gasteiger charge is 2.10. The van der Waals surface area contributed by atoms with Crippen molar-refractivity contribution in [3.05, 3.63) is 59.9 Å². The van der Waals surface area contributed by atoms with Gasteiger partial charge in [-0.15, -0.1) is 0 Å². The van der Waals surface area contributed by atoms with Gasteiger partial charge in [-0.2, -0.15) is 0 Å². The Kier molecular flexibility index (Phi) is 6.51. The molecule has 2 aromatic carbocycles. The van der Waals surface area contributed by atoms with E-state index < -0.39 is 5.91 Å². The number of nitrogens with zero attached hydrogens (tertiary/aromatic N) is 1. The Balaban J connectivity index is 1.74. The fraction of sp³-hybridized carbons (Fsp3) is 0.263. The second kappa shape index (κ2) is 8.82. The van der Waals surface area contributed by atoms with E-state index in [4.69, 9.17) is 0 Å². The molecule has 0 fully saturated rings. The van der Waals surface area contributed by atoms with E-state index in [1.165, 1.54) is 6.07 Å². The van der Waals surface area contributed by atoms with Crippen molar-refractivity contribution in [2.24, 2.45) is 0 Å². The zero-order valence-electron chi connectivity index (χ0n) is 14.4. The van der Waals surface area contributed by atoms with Crippen LogP contribution in [-0.4, -0.2) is 32.5 Å². The summed E-state index contributed by atoms with van der Waals surface area (Å²) in [6.45, 7) is 0.282. The molecule has 2 rings (SSSR count). The summed E-state index contributed by atoms with van der Waals surface area (Å²) in [5.74, 6) is -1.07. The van der Waals surface area contributed by atoms with Gasteiger partial charge >= 0.3 is 0 Å². The van der Waals surface area contributed by atoms with Crippen LogP contribution in [0.4, 0.5) is 15.8 Å². The van der Waals surface area contributed by atoms with Crippen LogP contribution < -0.4 is 15.5 Å². The molecular formula is C19H22FN3O2. The average molecular weight is 343 g/mol. The summed E-state index contributed by atoms with van der Waals surface area (Å²) in [6.07, 6.45) is 0.110. The Morgan fingerprint density at radius 3 is 2.32 bits per heavy atom. The van der Waals surface area contributed by atoms with Gasteiger partial charge < -0.3 is 15.5 Å². The molecule has 0 aliphatic heterocycles. The lowest BCUT2D eigenvalue weighted by Crippen LogP contribution is -2.29.